The van der Waals surface area contributed by atoms with Crippen molar-refractivity contribution in [2.45, 2.75) is 37.9 Å². The lowest BCUT2D eigenvalue weighted by Crippen LogP contribution is -2.37. The summed E-state index contributed by atoms with van der Waals surface area (Å²) in [6.45, 7) is 4.84. The molecule has 0 saturated carbocycles. The maximum absolute atomic E-state index is 12.0. The van der Waals surface area contributed by atoms with E-state index in [0.717, 1.165) is 18.5 Å². The average Bonchev–Trinajstić information content (AvgIpc) is 2.93. The van der Waals surface area contributed by atoms with Gasteiger partial charge in [-0.25, -0.2) is 0 Å². The fourth-order valence-electron chi connectivity index (χ4n) is 2.16. The number of aryl methyl sites for hydroxylation is 1. The highest BCUT2D eigenvalue weighted by molar-refractivity contribution is 8.00. The molecule has 100 valence electrons. The number of aromatic nitrogens is 2. The van der Waals surface area contributed by atoms with Crippen LogP contribution in [0.4, 0.5) is 5.69 Å². The minimum Gasteiger partial charge on any atom is -0.395 e. The highest BCUT2D eigenvalue weighted by Crippen LogP contribution is 2.37. The summed E-state index contributed by atoms with van der Waals surface area (Å²) >= 11 is 1.92. The summed E-state index contributed by atoms with van der Waals surface area (Å²) in [5.41, 5.74) is 7.48. The summed E-state index contributed by atoms with van der Waals surface area (Å²) in [7, 11) is 0. The number of nitrogens with two attached hydrogens (primary N) is 1. The zero-order chi connectivity index (χ0) is 13.2. The largest absolute Gasteiger partial charge is 0.395 e. The normalized spacial score (nSPS) is 23.2. The fourth-order valence-corrected chi connectivity index (χ4v) is 3.40. The second-order valence-corrected chi connectivity index (χ2v) is 6.59. The van der Waals surface area contributed by atoms with E-state index in [9.17, 15) is 4.79 Å². The summed E-state index contributed by atoms with van der Waals surface area (Å²) in [6, 6.07) is 0. The fraction of sp³-hybridized carbons (Fsp3) is 0.667. The van der Waals surface area contributed by atoms with E-state index >= 15 is 0 Å². The number of H-pyrrole nitrogens is 1. The molecule has 1 fully saturated rings. The molecule has 0 spiro atoms. The van der Waals surface area contributed by atoms with Crippen molar-refractivity contribution in [2.24, 2.45) is 0 Å². The van der Waals surface area contributed by atoms with Crippen LogP contribution in [0, 0.1) is 0 Å². The summed E-state index contributed by atoms with van der Waals surface area (Å²) < 4.78 is 0.161. The number of anilines is 1. The van der Waals surface area contributed by atoms with Crippen LogP contribution in [0.1, 0.15) is 42.9 Å². The molecule has 0 bridgehead atoms. The first-order valence-corrected chi connectivity index (χ1v) is 7.29. The molecule has 0 aromatic carbocycles. The first kappa shape index (κ1) is 13.3. The number of carbonyl (C=O) groups excluding carboxylic acids is 1. The quantitative estimate of drug-likeness (QED) is 0.774. The summed E-state index contributed by atoms with van der Waals surface area (Å²) in [5, 5.41) is 9.72. The van der Waals surface area contributed by atoms with Gasteiger partial charge in [0, 0.05) is 11.3 Å². The molecular formula is C12H20N4OS. The maximum Gasteiger partial charge on any atom is 0.273 e. The number of aromatic amines is 1. The first-order valence-electron chi connectivity index (χ1n) is 6.30. The first-order chi connectivity index (χ1) is 8.56. The van der Waals surface area contributed by atoms with Crippen LogP contribution in [-0.4, -0.2) is 33.1 Å². The Bertz CT molecular complexity index is 437. The Hall–Kier alpha value is -1.17. The Kier molecular flexibility index (Phi) is 3.85. The third-order valence-corrected chi connectivity index (χ3v) is 4.91. The SMILES string of the molecule is CCc1[nH]nc(C(=O)NCC2(C)CCCS2)c1N. The van der Waals surface area contributed by atoms with Crippen LogP contribution >= 0.6 is 11.8 Å². The molecule has 0 radical (unpaired) electrons. The molecule has 5 nitrogen and oxygen atoms in total. The van der Waals surface area contributed by atoms with Crippen LogP contribution in [0.2, 0.25) is 0 Å². The standard InChI is InChI=1S/C12H20N4OS/c1-3-8-9(13)10(16-15-8)11(17)14-7-12(2)5-4-6-18-12/h3-7,13H2,1-2H3,(H,14,17)(H,15,16). The van der Waals surface area contributed by atoms with Gasteiger partial charge in [-0.2, -0.15) is 16.9 Å². The van der Waals surface area contributed by atoms with Crippen molar-refractivity contribution >= 4 is 23.4 Å². The number of thioether (sulfide) groups is 1. The van der Waals surface area contributed by atoms with Crippen LogP contribution in [0.5, 0.6) is 0 Å². The molecule has 6 heteroatoms. The van der Waals surface area contributed by atoms with Crippen molar-refractivity contribution in [3.63, 3.8) is 0 Å². The molecule has 1 saturated heterocycles. The van der Waals surface area contributed by atoms with Crippen LogP contribution in [0.3, 0.4) is 0 Å². The van der Waals surface area contributed by atoms with Crippen LogP contribution in [0.15, 0.2) is 0 Å². The molecule has 1 unspecified atom stereocenters. The highest BCUT2D eigenvalue weighted by Gasteiger charge is 2.30. The number of hydrogen-bond acceptors (Lipinski definition) is 4. The number of nitrogens with zero attached hydrogens (tertiary/aromatic N) is 1. The predicted molar refractivity (Wildman–Crippen MR) is 74.8 cm³/mol. The zero-order valence-corrected chi connectivity index (χ0v) is 11.7. The van der Waals surface area contributed by atoms with Crippen molar-refractivity contribution in [3.8, 4) is 0 Å². The summed E-state index contributed by atoms with van der Waals surface area (Å²) in [5.74, 6) is 0.994. The molecule has 4 N–H and O–H groups in total. The number of nitrogens with one attached hydrogen (secondary N) is 2. The summed E-state index contributed by atoms with van der Waals surface area (Å²) in [4.78, 5) is 12.0. The second-order valence-electron chi connectivity index (χ2n) is 4.90. The van der Waals surface area contributed by atoms with Gasteiger partial charge < -0.3 is 11.1 Å². The maximum atomic E-state index is 12.0. The van der Waals surface area contributed by atoms with E-state index < -0.39 is 0 Å². The lowest BCUT2D eigenvalue weighted by atomic mass is 10.1. The zero-order valence-electron chi connectivity index (χ0n) is 10.9. The van der Waals surface area contributed by atoms with Gasteiger partial charge in [0.15, 0.2) is 5.69 Å². The second kappa shape index (κ2) is 5.22. The van der Waals surface area contributed by atoms with E-state index in [4.69, 9.17) is 5.73 Å². The minimum atomic E-state index is -0.183. The van der Waals surface area contributed by atoms with E-state index in [-0.39, 0.29) is 10.7 Å². The van der Waals surface area contributed by atoms with Gasteiger partial charge in [0.05, 0.1) is 11.4 Å². The Balaban J connectivity index is 1.97. The smallest absolute Gasteiger partial charge is 0.273 e. The van der Waals surface area contributed by atoms with E-state index in [0.29, 0.717) is 17.9 Å². The molecule has 1 atom stereocenters. The molecule has 1 aliphatic rings. The van der Waals surface area contributed by atoms with Gasteiger partial charge in [0.1, 0.15) is 0 Å². The van der Waals surface area contributed by atoms with Crippen molar-refractivity contribution in [1.29, 1.82) is 0 Å². The van der Waals surface area contributed by atoms with E-state index in [2.05, 4.69) is 22.4 Å². The number of rotatable bonds is 4. The summed E-state index contributed by atoms with van der Waals surface area (Å²) in [6.07, 6.45) is 3.12. The van der Waals surface area contributed by atoms with Crippen molar-refractivity contribution in [2.75, 3.05) is 18.0 Å². The van der Waals surface area contributed by atoms with Gasteiger partial charge in [0.25, 0.3) is 5.91 Å². The monoisotopic (exact) mass is 268 g/mol. The topological polar surface area (TPSA) is 83.8 Å². The molecule has 0 aliphatic carbocycles. The van der Waals surface area contributed by atoms with Gasteiger partial charge in [-0.15, -0.1) is 0 Å². The molecule has 1 aromatic heterocycles. The molecule has 1 aromatic rings. The Labute approximate surface area is 111 Å². The van der Waals surface area contributed by atoms with Crippen molar-refractivity contribution in [1.82, 2.24) is 15.5 Å². The molecule has 1 aliphatic heterocycles. The molecular weight excluding hydrogens is 248 g/mol. The highest BCUT2D eigenvalue weighted by atomic mass is 32.2. The number of hydrogen-bond donors (Lipinski definition) is 3. The van der Waals surface area contributed by atoms with Crippen LogP contribution in [-0.2, 0) is 6.42 Å². The Morgan fingerprint density at radius 3 is 3.00 bits per heavy atom. The Morgan fingerprint density at radius 1 is 1.67 bits per heavy atom. The number of amides is 1. The molecule has 1 amide bonds. The van der Waals surface area contributed by atoms with E-state index in [1.807, 2.05) is 18.7 Å². The number of carbonyl (C=O) groups is 1. The van der Waals surface area contributed by atoms with Gasteiger partial charge in [-0.3, -0.25) is 9.89 Å². The van der Waals surface area contributed by atoms with Crippen LogP contribution < -0.4 is 11.1 Å². The predicted octanol–water partition coefficient (Wildman–Crippen LogP) is 1.57. The molecule has 2 rings (SSSR count). The van der Waals surface area contributed by atoms with Gasteiger partial charge in [-0.1, -0.05) is 6.92 Å². The lowest BCUT2D eigenvalue weighted by Gasteiger charge is -2.22. The average molecular weight is 268 g/mol. The van der Waals surface area contributed by atoms with E-state index in [1.54, 1.807) is 0 Å². The van der Waals surface area contributed by atoms with E-state index in [1.165, 1.54) is 12.2 Å². The lowest BCUT2D eigenvalue weighted by molar-refractivity contribution is 0.0946. The molecule has 18 heavy (non-hydrogen) atoms. The minimum absolute atomic E-state index is 0.161. The van der Waals surface area contributed by atoms with Crippen molar-refractivity contribution in [3.05, 3.63) is 11.4 Å². The van der Waals surface area contributed by atoms with Gasteiger partial charge in [-0.05, 0) is 31.9 Å². The molecule has 2 heterocycles. The third-order valence-electron chi connectivity index (χ3n) is 3.37. The number of nitrogen functional groups attached to an aromatic ring is 1. The van der Waals surface area contributed by atoms with Gasteiger partial charge >= 0.3 is 0 Å². The van der Waals surface area contributed by atoms with Gasteiger partial charge in [0.2, 0.25) is 0 Å². The van der Waals surface area contributed by atoms with Crippen molar-refractivity contribution < 1.29 is 4.79 Å². The van der Waals surface area contributed by atoms with Crippen LogP contribution in [0.25, 0.3) is 0 Å². The third kappa shape index (κ3) is 2.63. The Morgan fingerprint density at radius 2 is 2.44 bits per heavy atom.